The van der Waals surface area contributed by atoms with Gasteiger partial charge in [0.15, 0.2) is 11.6 Å². The first-order valence-corrected chi connectivity index (χ1v) is 7.59. The van der Waals surface area contributed by atoms with Crippen LogP contribution >= 0.6 is 38.5 Å². The fourth-order valence-corrected chi connectivity index (χ4v) is 3.89. The first kappa shape index (κ1) is 13.0. The molecule has 0 spiro atoms. The van der Waals surface area contributed by atoms with Gasteiger partial charge < -0.3 is 0 Å². The van der Waals surface area contributed by atoms with Gasteiger partial charge in [0.25, 0.3) is 0 Å². The first-order valence-electron chi connectivity index (χ1n) is 5.72. The molecule has 0 heterocycles. The van der Waals surface area contributed by atoms with E-state index in [9.17, 15) is 9.59 Å². The lowest BCUT2D eigenvalue weighted by Gasteiger charge is -2.10. The molecular formula is C15H8BrIO2. The monoisotopic (exact) mass is 426 g/mol. The van der Waals surface area contributed by atoms with Gasteiger partial charge in [-0.2, -0.15) is 0 Å². The van der Waals surface area contributed by atoms with Crippen LogP contribution in [0.1, 0.15) is 32.2 Å². The second-order valence-electron chi connectivity index (χ2n) is 4.37. The number of fused-ring (bicyclic) bond motifs is 1. The van der Waals surface area contributed by atoms with Gasteiger partial charge in [-0.1, -0.05) is 46.3 Å². The Hall–Kier alpha value is -1.01. The number of benzene rings is 2. The highest BCUT2D eigenvalue weighted by atomic mass is 127. The SMILES string of the molecule is O=C1c2ccccc2C(=O)C1c1ccc(I)cc1Br. The lowest BCUT2D eigenvalue weighted by atomic mass is 9.94. The second-order valence-corrected chi connectivity index (χ2v) is 6.47. The molecule has 19 heavy (non-hydrogen) atoms. The average Bonchev–Trinajstić information content (AvgIpc) is 2.64. The smallest absolute Gasteiger partial charge is 0.178 e. The summed E-state index contributed by atoms with van der Waals surface area (Å²) >= 11 is 5.64. The fraction of sp³-hybridized carbons (Fsp3) is 0.0667. The van der Waals surface area contributed by atoms with Crippen LogP contribution in [0.15, 0.2) is 46.9 Å². The van der Waals surface area contributed by atoms with Crippen molar-refractivity contribution in [3.63, 3.8) is 0 Å². The van der Waals surface area contributed by atoms with Crippen molar-refractivity contribution in [1.29, 1.82) is 0 Å². The number of carbonyl (C=O) groups is 2. The van der Waals surface area contributed by atoms with Crippen molar-refractivity contribution in [2.45, 2.75) is 5.92 Å². The summed E-state index contributed by atoms with van der Waals surface area (Å²) in [5.41, 5.74) is 1.80. The normalized spacial score (nSPS) is 14.8. The van der Waals surface area contributed by atoms with E-state index in [4.69, 9.17) is 0 Å². The minimum atomic E-state index is -0.705. The number of carbonyl (C=O) groups excluding carboxylic acids is 2. The van der Waals surface area contributed by atoms with E-state index >= 15 is 0 Å². The number of ketones is 2. The molecule has 0 fully saturated rings. The molecule has 0 aliphatic heterocycles. The third-order valence-corrected chi connectivity index (χ3v) is 4.61. The molecule has 0 bridgehead atoms. The van der Waals surface area contributed by atoms with Gasteiger partial charge in [0, 0.05) is 19.2 Å². The molecule has 0 amide bonds. The molecule has 0 aromatic heterocycles. The van der Waals surface area contributed by atoms with Crippen LogP contribution in [0.2, 0.25) is 0 Å². The number of Topliss-reactive ketones (excluding diaryl/α,β-unsaturated/α-hetero) is 2. The lowest BCUT2D eigenvalue weighted by Crippen LogP contribution is -2.13. The average molecular weight is 427 g/mol. The molecule has 94 valence electrons. The van der Waals surface area contributed by atoms with Crippen LogP contribution in [0.3, 0.4) is 0 Å². The Kier molecular flexibility index (Phi) is 3.30. The molecule has 2 aromatic rings. The summed E-state index contributed by atoms with van der Waals surface area (Å²) in [5, 5.41) is 0. The highest BCUT2D eigenvalue weighted by Gasteiger charge is 2.40. The molecule has 1 aliphatic carbocycles. The molecule has 0 saturated heterocycles. The van der Waals surface area contributed by atoms with E-state index in [-0.39, 0.29) is 11.6 Å². The molecular weight excluding hydrogens is 419 g/mol. The minimum absolute atomic E-state index is 0.109. The van der Waals surface area contributed by atoms with Crippen molar-refractivity contribution in [2.75, 3.05) is 0 Å². The van der Waals surface area contributed by atoms with E-state index in [0.29, 0.717) is 11.1 Å². The summed E-state index contributed by atoms with van der Waals surface area (Å²) < 4.78 is 1.86. The Morgan fingerprint density at radius 3 is 2.05 bits per heavy atom. The summed E-state index contributed by atoms with van der Waals surface area (Å²) in [5.74, 6) is -0.922. The molecule has 0 saturated carbocycles. The Balaban J connectivity index is 2.14. The Labute approximate surface area is 132 Å². The van der Waals surface area contributed by atoms with Gasteiger partial charge in [-0.3, -0.25) is 9.59 Å². The highest BCUT2D eigenvalue weighted by molar-refractivity contribution is 14.1. The maximum atomic E-state index is 12.4. The van der Waals surface area contributed by atoms with E-state index in [2.05, 4.69) is 38.5 Å². The van der Waals surface area contributed by atoms with Gasteiger partial charge in [-0.05, 0) is 40.3 Å². The van der Waals surface area contributed by atoms with E-state index in [1.165, 1.54) is 0 Å². The van der Waals surface area contributed by atoms with Gasteiger partial charge in [-0.25, -0.2) is 0 Å². The standard InChI is InChI=1S/C15H8BrIO2/c16-12-7-8(17)5-6-11(12)13-14(18)9-3-1-2-4-10(9)15(13)19/h1-7,13H. The minimum Gasteiger partial charge on any atom is -0.293 e. The third kappa shape index (κ3) is 2.07. The van der Waals surface area contributed by atoms with E-state index in [1.807, 2.05) is 18.2 Å². The molecule has 0 atom stereocenters. The molecule has 2 nitrogen and oxygen atoms in total. The maximum Gasteiger partial charge on any atom is 0.178 e. The van der Waals surface area contributed by atoms with Crippen molar-refractivity contribution in [3.05, 3.63) is 67.2 Å². The van der Waals surface area contributed by atoms with E-state index < -0.39 is 5.92 Å². The van der Waals surface area contributed by atoms with Gasteiger partial charge >= 0.3 is 0 Å². The van der Waals surface area contributed by atoms with Gasteiger partial charge in [-0.15, -0.1) is 0 Å². The number of hydrogen-bond acceptors (Lipinski definition) is 2. The Morgan fingerprint density at radius 2 is 1.53 bits per heavy atom. The zero-order valence-corrected chi connectivity index (χ0v) is 13.4. The van der Waals surface area contributed by atoms with E-state index in [1.54, 1.807) is 24.3 Å². The summed E-state index contributed by atoms with van der Waals surface area (Å²) in [4.78, 5) is 24.8. The molecule has 0 radical (unpaired) electrons. The molecule has 2 aromatic carbocycles. The third-order valence-electron chi connectivity index (χ3n) is 3.26. The predicted octanol–water partition coefficient (Wildman–Crippen LogP) is 4.22. The van der Waals surface area contributed by atoms with Crippen LogP contribution in [0.5, 0.6) is 0 Å². The zero-order chi connectivity index (χ0) is 13.6. The van der Waals surface area contributed by atoms with Crippen molar-refractivity contribution in [1.82, 2.24) is 0 Å². The molecule has 1 aliphatic rings. The van der Waals surface area contributed by atoms with Crippen LogP contribution in [0, 0.1) is 3.57 Å². The number of halogens is 2. The molecule has 3 rings (SSSR count). The largest absolute Gasteiger partial charge is 0.293 e. The maximum absolute atomic E-state index is 12.4. The zero-order valence-electron chi connectivity index (χ0n) is 9.69. The number of hydrogen-bond donors (Lipinski definition) is 0. The number of rotatable bonds is 1. The topological polar surface area (TPSA) is 34.1 Å². The highest BCUT2D eigenvalue weighted by Crippen LogP contribution is 2.37. The van der Waals surface area contributed by atoms with Crippen LogP contribution in [-0.2, 0) is 0 Å². The van der Waals surface area contributed by atoms with Crippen molar-refractivity contribution >= 4 is 50.1 Å². The van der Waals surface area contributed by atoms with Crippen LogP contribution in [0.25, 0.3) is 0 Å². The van der Waals surface area contributed by atoms with Gasteiger partial charge in [0.05, 0.1) is 0 Å². The van der Waals surface area contributed by atoms with Crippen LogP contribution in [0.4, 0.5) is 0 Å². The van der Waals surface area contributed by atoms with Gasteiger partial charge in [0.1, 0.15) is 5.92 Å². The fourth-order valence-electron chi connectivity index (χ4n) is 2.36. The predicted molar refractivity (Wildman–Crippen MR) is 84.7 cm³/mol. The summed E-state index contributed by atoms with van der Waals surface area (Å²) in [6.07, 6.45) is 0. The summed E-state index contributed by atoms with van der Waals surface area (Å²) in [7, 11) is 0. The second kappa shape index (κ2) is 4.83. The van der Waals surface area contributed by atoms with Crippen molar-refractivity contribution in [2.24, 2.45) is 0 Å². The van der Waals surface area contributed by atoms with Crippen molar-refractivity contribution < 1.29 is 9.59 Å². The Bertz CT molecular complexity index is 674. The molecule has 0 N–H and O–H groups in total. The first-order chi connectivity index (χ1) is 9.09. The van der Waals surface area contributed by atoms with Crippen LogP contribution in [-0.4, -0.2) is 11.6 Å². The lowest BCUT2D eigenvalue weighted by molar-refractivity contribution is 0.0890. The quantitative estimate of drug-likeness (QED) is 0.505. The van der Waals surface area contributed by atoms with Crippen LogP contribution < -0.4 is 0 Å². The molecule has 0 unspecified atom stereocenters. The summed E-state index contributed by atoms with van der Waals surface area (Å²) in [6.45, 7) is 0. The van der Waals surface area contributed by atoms with E-state index in [0.717, 1.165) is 13.6 Å². The molecule has 4 heteroatoms. The summed E-state index contributed by atoms with van der Waals surface area (Å²) in [6, 6.07) is 12.7. The van der Waals surface area contributed by atoms with Crippen molar-refractivity contribution in [3.8, 4) is 0 Å². The Morgan fingerprint density at radius 1 is 0.947 bits per heavy atom. The van der Waals surface area contributed by atoms with Gasteiger partial charge in [0.2, 0.25) is 0 Å².